The highest BCUT2D eigenvalue weighted by Gasteiger charge is 2.38. The van der Waals surface area contributed by atoms with Crippen molar-refractivity contribution >= 4 is 33.3 Å². The van der Waals surface area contributed by atoms with E-state index >= 15 is 0 Å². The average Bonchev–Trinajstić information content (AvgIpc) is 3.38. The largest absolute Gasteiger partial charge is 0.490 e. The summed E-state index contributed by atoms with van der Waals surface area (Å²) in [6.45, 7) is 8.80. The van der Waals surface area contributed by atoms with Crippen LogP contribution in [-0.2, 0) is 14.8 Å². The maximum Gasteiger partial charge on any atom is 0.490 e. The fourth-order valence-electron chi connectivity index (χ4n) is 4.90. The first-order valence-corrected chi connectivity index (χ1v) is 14.4. The Bertz CT molecular complexity index is 1330. The van der Waals surface area contributed by atoms with Gasteiger partial charge in [-0.2, -0.15) is 13.2 Å². The van der Waals surface area contributed by atoms with Crippen LogP contribution in [-0.4, -0.2) is 74.4 Å². The predicted molar refractivity (Wildman–Crippen MR) is 144 cm³/mol. The summed E-state index contributed by atoms with van der Waals surface area (Å²) in [6, 6.07) is 9.78. The summed E-state index contributed by atoms with van der Waals surface area (Å²) in [6.07, 6.45) is -0.375. The first-order valence-electron chi connectivity index (χ1n) is 12.9. The van der Waals surface area contributed by atoms with Gasteiger partial charge >= 0.3 is 18.1 Å². The zero-order chi connectivity index (χ0) is 29.7. The fraction of sp³-hybridized carbons (Fsp3) is 0.481. The number of nitrogens with zero attached hydrogens (tertiary/aromatic N) is 2. The summed E-state index contributed by atoms with van der Waals surface area (Å²) in [4.78, 5) is 25.8. The van der Waals surface area contributed by atoms with Gasteiger partial charge in [-0.05, 0) is 100.0 Å². The molecule has 2 saturated heterocycles. The number of likely N-dealkylation sites (tertiary alicyclic amines) is 1. The first-order chi connectivity index (χ1) is 18.7. The number of aliphatic carboxylic acids is 1. The quantitative estimate of drug-likeness (QED) is 0.425. The Labute approximate surface area is 231 Å². The smallest absolute Gasteiger partial charge is 0.478 e. The maximum absolute atomic E-state index is 12.9. The molecule has 1 unspecified atom stereocenters. The Morgan fingerprint density at radius 2 is 1.62 bits per heavy atom. The van der Waals surface area contributed by atoms with E-state index in [2.05, 4.69) is 14.5 Å². The van der Waals surface area contributed by atoms with Crippen LogP contribution in [0.1, 0.15) is 47.2 Å². The van der Waals surface area contributed by atoms with Gasteiger partial charge in [0.1, 0.15) is 0 Å². The number of halogens is 3. The van der Waals surface area contributed by atoms with Gasteiger partial charge in [0.05, 0.1) is 16.1 Å². The van der Waals surface area contributed by atoms with E-state index < -0.39 is 28.1 Å². The Kier molecular flexibility index (Phi) is 10.1. The number of carbonyl (C=O) groups is 2. The van der Waals surface area contributed by atoms with E-state index in [1.807, 2.05) is 13.8 Å². The van der Waals surface area contributed by atoms with Crippen LogP contribution in [0.25, 0.3) is 0 Å². The monoisotopic (exact) mass is 585 g/mol. The summed E-state index contributed by atoms with van der Waals surface area (Å²) in [5.41, 5.74) is 2.92. The molecule has 0 amide bonds. The van der Waals surface area contributed by atoms with Crippen molar-refractivity contribution in [2.24, 2.45) is 5.92 Å². The minimum atomic E-state index is -5.08. The first kappa shape index (κ1) is 31.2. The molecule has 4 rings (SSSR count). The third kappa shape index (κ3) is 8.34. The van der Waals surface area contributed by atoms with Crippen molar-refractivity contribution < 1.29 is 41.4 Å². The van der Waals surface area contributed by atoms with Gasteiger partial charge in [0.25, 0.3) is 10.0 Å². The number of benzene rings is 2. The molecule has 0 spiro atoms. The zero-order valence-electron chi connectivity index (χ0n) is 22.4. The number of aryl methyl sites for hydroxylation is 2. The van der Waals surface area contributed by atoms with E-state index in [0.717, 1.165) is 56.7 Å². The van der Waals surface area contributed by atoms with Gasteiger partial charge in [-0.15, -0.1) is 0 Å². The molecule has 2 aromatic rings. The lowest BCUT2D eigenvalue weighted by atomic mass is 9.96. The maximum atomic E-state index is 12.9. The predicted octanol–water partition coefficient (Wildman–Crippen LogP) is 4.75. The second kappa shape index (κ2) is 12.9. The molecule has 3 N–H and O–H groups in total. The second-order valence-corrected chi connectivity index (χ2v) is 11.8. The van der Waals surface area contributed by atoms with Crippen molar-refractivity contribution in [3.63, 3.8) is 0 Å². The molecular formula is C27H34F3N3O6S. The Morgan fingerprint density at radius 1 is 0.975 bits per heavy atom. The number of piperidine rings is 1. The highest BCUT2D eigenvalue weighted by Crippen LogP contribution is 2.30. The van der Waals surface area contributed by atoms with Gasteiger partial charge in [-0.25, -0.2) is 18.0 Å². The summed E-state index contributed by atoms with van der Waals surface area (Å²) < 4.78 is 60.0. The highest BCUT2D eigenvalue weighted by molar-refractivity contribution is 7.92. The average molecular weight is 586 g/mol. The van der Waals surface area contributed by atoms with Gasteiger partial charge in [0.15, 0.2) is 0 Å². The molecule has 0 aliphatic carbocycles. The van der Waals surface area contributed by atoms with Gasteiger partial charge in [0.2, 0.25) is 0 Å². The molecule has 220 valence electrons. The number of hydrogen-bond donors (Lipinski definition) is 3. The van der Waals surface area contributed by atoms with E-state index in [9.17, 15) is 31.5 Å². The summed E-state index contributed by atoms with van der Waals surface area (Å²) in [5.74, 6) is -3.30. The minimum Gasteiger partial charge on any atom is -0.478 e. The molecule has 0 bridgehead atoms. The lowest BCUT2D eigenvalue weighted by Gasteiger charge is -2.36. The number of carboxylic acids is 2. The van der Waals surface area contributed by atoms with Crippen molar-refractivity contribution in [1.29, 1.82) is 0 Å². The van der Waals surface area contributed by atoms with Crippen LogP contribution >= 0.6 is 0 Å². The van der Waals surface area contributed by atoms with Crippen LogP contribution in [0.15, 0.2) is 41.3 Å². The van der Waals surface area contributed by atoms with Gasteiger partial charge in [-0.1, -0.05) is 6.07 Å². The molecule has 0 saturated carbocycles. The Balaban J connectivity index is 0.000000559. The molecule has 1 atom stereocenters. The van der Waals surface area contributed by atoms with Crippen LogP contribution < -0.4 is 9.62 Å². The van der Waals surface area contributed by atoms with E-state index in [-0.39, 0.29) is 16.1 Å². The van der Waals surface area contributed by atoms with Crippen molar-refractivity contribution in [3.8, 4) is 0 Å². The molecule has 9 nitrogen and oxygen atoms in total. The molecule has 2 aliphatic rings. The normalized spacial score (nSPS) is 18.1. The number of sulfonamides is 1. The number of carboxylic acid groups (broad SMARTS) is 2. The second-order valence-electron chi connectivity index (χ2n) is 10.2. The number of nitrogens with one attached hydrogen (secondary N) is 1. The molecule has 2 fully saturated rings. The van der Waals surface area contributed by atoms with Crippen molar-refractivity contribution in [2.45, 2.75) is 50.6 Å². The van der Waals surface area contributed by atoms with Crippen LogP contribution in [0.2, 0.25) is 0 Å². The molecule has 2 aromatic carbocycles. The summed E-state index contributed by atoms with van der Waals surface area (Å²) in [5, 5.41) is 17.0. The fourth-order valence-corrected chi connectivity index (χ4v) is 6.04. The lowest BCUT2D eigenvalue weighted by molar-refractivity contribution is -0.192. The van der Waals surface area contributed by atoms with Gasteiger partial charge in [0, 0.05) is 25.3 Å². The molecule has 0 radical (unpaired) electrons. The minimum absolute atomic E-state index is 0.122. The van der Waals surface area contributed by atoms with Gasteiger partial charge in [-0.3, -0.25) is 4.72 Å². The topological polar surface area (TPSA) is 127 Å². The molecule has 2 aliphatic heterocycles. The number of alkyl halides is 3. The van der Waals surface area contributed by atoms with Crippen LogP contribution in [0.3, 0.4) is 0 Å². The van der Waals surface area contributed by atoms with E-state index in [1.54, 1.807) is 30.3 Å². The number of hydrogen-bond acceptors (Lipinski definition) is 6. The molecule has 2 heterocycles. The summed E-state index contributed by atoms with van der Waals surface area (Å²) in [7, 11) is -3.82. The number of rotatable bonds is 7. The Hall–Kier alpha value is -3.32. The van der Waals surface area contributed by atoms with Crippen molar-refractivity contribution in [1.82, 2.24) is 4.90 Å². The number of anilines is 2. The Morgan fingerprint density at radius 3 is 2.20 bits per heavy atom. The standard InChI is InChI=1S/C25H33N3O4S.C2HF3O2/c1-18-7-9-22(14-19(18)2)33(31,32)26-21-8-10-24(23(15-21)25(29)30)28-13-5-6-20(17-28)16-27-11-3-4-12-27;3-2(4,5)1(6)7/h7-10,14-15,20,26H,3-6,11-13,16-17H2,1-2H3,(H,29,30);(H,6,7). The number of aromatic carboxylic acids is 1. The molecule has 13 heteroatoms. The molecular weight excluding hydrogens is 551 g/mol. The van der Waals surface area contributed by atoms with Gasteiger partial charge < -0.3 is 20.0 Å². The van der Waals surface area contributed by atoms with Crippen LogP contribution in [0.4, 0.5) is 24.5 Å². The van der Waals surface area contributed by atoms with Crippen LogP contribution in [0.5, 0.6) is 0 Å². The van der Waals surface area contributed by atoms with E-state index in [1.165, 1.54) is 18.9 Å². The van der Waals surface area contributed by atoms with Crippen molar-refractivity contribution in [2.75, 3.05) is 42.3 Å². The lowest BCUT2D eigenvalue weighted by Crippen LogP contribution is -2.41. The highest BCUT2D eigenvalue weighted by atomic mass is 32.2. The molecule has 0 aromatic heterocycles. The van der Waals surface area contributed by atoms with Crippen molar-refractivity contribution in [3.05, 3.63) is 53.1 Å². The SMILES string of the molecule is Cc1ccc(S(=O)(=O)Nc2ccc(N3CCCC(CN4CCCC4)C3)c(C(=O)O)c2)cc1C.O=C(O)C(F)(F)F. The van der Waals surface area contributed by atoms with E-state index in [0.29, 0.717) is 11.6 Å². The third-order valence-corrected chi connectivity index (χ3v) is 8.46. The third-order valence-electron chi connectivity index (χ3n) is 7.09. The molecule has 40 heavy (non-hydrogen) atoms. The zero-order valence-corrected chi connectivity index (χ0v) is 23.2. The van der Waals surface area contributed by atoms with Crippen LogP contribution in [0, 0.1) is 19.8 Å². The summed E-state index contributed by atoms with van der Waals surface area (Å²) >= 11 is 0. The van der Waals surface area contributed by atoms with E-state index in [4.69, 9.17) is 9.90 Å².